The molecule has 1 N–H and O–H groups in total. The van der Waals surface area contributed by atoms with Gasteiger partial charge >= 0.3 is 0 Å². The minimum absolute atomic E-state index is 0.00409. The van der Waals surface area contributed by atoms with E-state index in [9.17, 15) is 9.18 Å². The fourth-order valence-electron chi connectivity index (χ4n) is 3.61. The number of amides is 1. The lowest BCUT2D eigenvalue weighted by Gasteiger charge is -2.19. The van der Waals surface area contributed by atoms with Crippen LogP contribution in [0.5, 0.6) is 0 Å². The molecule has 0 saturated carbocycles. The number of aryl methyl sites for hydroxylation is 1. The highest BCUT2D eigenvalue weighted by molar-refractivity contribution is 6.30. The second-order valence-corrected chi connectivity index (χ2v) is 7.05. The minimum atomic E-state index is -0.431. The fraction of sp³-hybridized carbons (Fsp3) is 0.444. The number of carbonyl (C=O) groups excluding carboxylic acids is 1. The van der Waals surface area contributed by atoms with E-state index in [1.54, 1.807) is 12.1 Å². The SMILES string of the molecule is O=C(NC1CCN(c2ccc(Cl)c(F)c2)C1)c1onc2c1CCCC2. The molecule has 1 aromatic carbocycles. The van der Waals surface area contributed by atoms with Gasteiger partial charge < -0.3 is 14.7 Å². The first kappa shape index (κ1) is 16.4. The number of fused-ring (bicyclic) bond motifs is 1. The summed E-state index contributed by atoms with van der Waals surface area (Å²) in [6.45, 7) is 1.38. The maximum Gasteiger partial charge on any atom is 0.290 e. The first-order valence-corrected chi connectivity index (χ1v) is 8.98. The molecule has 132 valence electrons. The predicted molar refractivity (Wildman–Crippen MR) is 92.6 cm³/mol. The second-order valence-electron chi connectivity index (χ2n) is 6.65. The van der Waals surface area contributed by atoms with Crippen LogP contribution in [0, 0.1) is 5.82 Å². The molecule has 1 fully saturated rings. The Hall–Kier alpha value is -2.08. The maximum absolute atomic E-state index is 13.6. The van der Waals surface area contributed by atoms with Gasteiger partial charge in [-0.05, 0) is 50.3 Å². The van der Waals surface area contributed by atoms with Gasteiger partial charge in [-0.1, -0.05) is 16.8 Å². The molecule has 25 heavy (non-hydrogen) atoms. The summed E-state index contributed by atoms with van der Waals surface area (Å²) in [5.41, 5.74) is 2.65. The Labute approximate surface area is 150 Å². The van der Waals surface area contributed by atoms with Crippen molar-refractivity contribution in [3.05, 3.63) is 46.1 Å². The molecule has 7 heteroatoms. The quantitative estimate of drug-likeness (QED) is 0.908. The standard InChI is InChI=1S/C18H19ClFN3O2/c19-14-6-5-12(9-15(14)20)23-8-7-11(10-23)21-18(24)17-13-3-1-2-4-16(13)22-25-17/h5-6,9,11H,1-4,7-8,10H2,(H,21,24). The zero-order chi connectivity index (χ0) is 17.4. The molecule has 1 unspecified atom stereocenters. The maximum atomic E-state index is 13.6. The van der Waals surface area contributed by atoms with Crippen molar-refractivity contribution in [2.45, 2.75) is 38.1 Å². The van der Waals surface area contributed by atoms with E-state index < -0.39 is 5.82 Å². The van der Waals surface area contributed by atoms with Crippen molar-refractivity contribution in [3.63, 3.8) is 0 Å². The van der Waals surface area contributed by atoms with Crippen LogP contribution in [0.3, 0.4) is 0 Å². The summed E-state index contributed by atoms with van der Waals surface area (Å²) in [5, 5.41) is 7.17. The van der Waals surface area contributed by atoms with Crippen LogP contribution in [-0.4, -0.2) is 30.2 Å². The smallest absolute Gasteiger partial charge is 0.290 e. The van der Waals surface area contributed by atoms with Crippen molar-refractivity contribution in [2.24, 2.45) is 0 Å². The van der Waals surface area contributed by atoms with E-state index in [-0.39, 0.29) is 17.0 Å². The van der Waals surface area contributed by atoms with E-state index in [0.29, 0.717) is 12.3 Å². The number of hydrogen-bond acceptors (Lipinski definition) is 4. The Morgan fingerprint density at radius 2 is 2.20 bits per heavy atom. The van der Waals surface area contributed by atoms with Gasteiger partial charge in [0.1, 0.15) is 5.82 Å². The molecule has 1 aromatic heterocycles. The zero-order valence-corrected chi connectivity index (χ0v) is 14.5. The first-order chi connectivity index (χ1) is 12.1. The number of rotatable bonds is 3. The molecule has 2 aromatic rings. The van der Waals surface area contributed by atoms with Crippen LogP contribution in [0.1, 0.15) is 41.1 Å². The second kappa shape index (κ2) is 6.67. The zero-order valence-electron chi connectivity index (χ0n) is 13.7. The van der Waals surface area contributed by atoms with E-state index in [1.807, 2.05) is 4.90 Å². The van der Waals surface area contributed by atoms with Crippen molar-refractivity contribution in [1.29, 1.82) is 0 Å². The van der Waals surface area contributed by atoms with Gasteiger partial charge in [0.25, 0.3) is 5.91 Å². The van der Waals surface area contributed by atoms with Gasteiger partial charge in [0.05, 0.1) is 10.7 Å². The van der Waals surface area contributed by atoms with Crippen LogP contribution in [0.4, 0.5) is 10.1 Å². The largest absolute Gasteiger partial charge is 0.369 e. The fourth-order valence-corrected chi connectivity index (χ4v) is 3.73. The van der Waals surface area contributed by atoms with Crippen LogP contribution in [0.15, 0.2) is 22.7 Å². The molecule has 1 atom stereocenters. The molecular formula is C18H19ClFN3O2. The Morgan fingerprint density at radius 1 is 1.36 bits per heavy atom. The van der Waals surface area contributed by atoms with Crippen molar-refractivity contribution in [3.8, 4) is 0 Å². The van der Waals surface area contributed by atoms with Gasteiger partial charge in [0.15, 0.2) is 0 Å². The molecule has 5 nitrogen and oxygen atoms in total. The van der Waals surface area contributed by atoms with Crippen LogP contribution in [0.25, 0.3) is 0 Å². The highest BCUT2D eigenvalue weighted by Gasteiger charge is 2.29. The molecule has 2 heterocycles. The number of hydrogen-bond donors (Lipinski definition) is 1. The average molecular weight is 364 g/mol. The van der Waals surface area contributed by atoms with Crippen molar-refractivity contribution in [1.82, 2.24) is 10.5 Å². The van der Waals surface area contributed by atoms with Crippen LogP contribution in [0.2, 0.25) is 5.02 Å². The van der Waals surface area contributed by atoms with Gasteiger partial charge in [0.2, 0.25) is 5.76 Å². The lowest BCUT2D eigenvalue weighted by Crippen LogP contribution is -2.37. The number of halogens is 2. The highest BCUT2D eigenvalue weighted by atomic mass is 35.5. The summed E-state index contributed by atoms with van der Waals surface area (Å²) in [5.74, 6) is -0.282. The normalized spacial score (nSPS) is 19.8. The van der Waals surface area contributed by atoms with Crippen LogP contribution >= 0.6 is 11.6 Å². The lowest BCUT2D eigenvalue weighted by atomic mass is 9.96. The summed E-state index contributed by atoms with van der Waals surface area (Å²) in [6.07, 6.45) is 4.68. The van der Waals surface area contributed by atoms with Crippen LogP contribution in [-0.2, 0) is 12.8 Å². The number of carbonyl (C=O) groups is 1. The Kier molecular flexibility index (Phi) is 4.37. The summed E-state index contributed by atoms with van der Waals surface area (Å²) in [7, 11) is 0. The Bertz CT molecular complexity index is 808. The molecule has 4 rings (SSSR count). The van der Waals surface area contributed by atoms with Crippen LogP contribution < -0.4 is 10.2 Å². The highest BCUT2D eigenvalue weighted by Crippen LogP contribution is 2.26. The van der Waals surface area contributed by atoms with E-state index >= 15 is 0 Å². The van der Waals surface area contributed by atoms with Crippen molar-refractivity contribution < 1.29 is 13.7 Å². The Morgan fingerprint density at radius 3 is 3.04 bits per heavy atom. The van der Waals surface area contributed by atoms with E-state index in [4.69, 9.17) is 16.1 Å². The topological polar surface area (TPSA) is 58.4 Å². The molecule has 1 saturated heterocycles. The number of aromatic nitrogens is 1. The first-order valence-electron chi connectivity index (χ1n) is 8.60. The van der Waals surface area contributed by atoms with E-state index in [0.717, 1.165) is 55.6 Å². The average Bonchev–Trinajstić information content (AvgIpc) is 3.24. The number of benzene rings is 1. The molecule has 0 radical (unpaired) electrons. The van der Waals surface area contributed by atoms with Gasteiger partial charge in [-0.2, -0.15) is 0 Å². The van der Waals surface area contributed by atoms with Gasteiger partial charge in [-0.25, -0.2) is 4.39 Å². The van der Waals surface area contributed by atoms with Gasteiger partial charge in [-0.15, -0.1) is 0 Å². The minimum Gasteiger partial charge on any atom is -0.369 e. The van der Waals surface area contributed by atoms with Crippen molar-refractivity contribution in [2.75, 3.05) is 18.0 Å². The third-order valence-electron chi connectivity index (χ3n) is 4.96. The van der Waals surface area contributed by atoms with Gasteiger partial charge in [-0.3, -0.25) is 4.79 Å². The van der Waals surface area contributed by atoms with Crippen molar-refractivity contribution >= 4 is 23.2 Å². The van der Waals surface area contributed by atoms with Gasteiger partial charge in [0, 0.05) is 30.4 Å². The molecule has 2 aliphatic rings. The number of nitrogens with zero attached hydrogens (tertiary/aromatic N) is 2. The molecule has 1 aliphatic heterocycles. The summed E-state index contributed by atoms with van der Waals surface area (Å²) < 4.78 is 18.9. The summed E-state index contributed by atoms with van der Waals surface area (Å²) >= 11 is 5.73. The molecule has 1 amide bonds. The summed E-state index contributed by atoms with van der Waals surface area (Å²) in [6, 6.07) is 4.77. The monoisotopic (exact) mass is 363 g/mol. The lowest BCUT2D eigenvalue weighted by molar-refractivity contribution is 0.0902. The van der Waals surface area contributed by atoms with E-state index in [2.05, 4.69) is 10.5 Å². The number of anilines is 1. The third kappa shape index (κ3) is 3.23. The Balaban J connectivity index is 1.41. The number of nitrogens with one attached hydrogen (secondary N) is 1. The predicted octanol–water partition coefficient (Wildman–Crippen LogP) is 3.35. The third-order valence-corrected chi connectivity index (χ3v) is 5.26. The van der Waals surface area contributed by atoms with E-state index in [1.165, 1.54) is 6.07 Å². The summed E-state index contributed by atoms with van der Waals surface area (Å²) in [4.78, 5) is 14.6. The molecular weight excluding hydrogens is 345 g/mol. The molecule has 0 bridgehead atoms. The molecule has 1 aliphatic carbocycles. The molecule has 0 spiro atoms.